The van der Waals surface area contributed by atoms with Crippen LogP contribution in [-0.2, 0) is 6.54 Å². The van der Waals surface area contributed by atoms with Gasteiger partial charge in [0, 0.05) is 6.54 Å². The third kappa shape index (κ3) is 3.45. The van der Waals surface area contributed by atoms with Gasteiger partial charge < -0.3 is 4.57 Å². The first-order valence-corrected chi connectivity index (χ1v) is 6.98. The smallest absolute Gasteiger partial charge is 0.261 e. The van der Waals surface area contributed by atoms with E-state index in [9.17, 15) is 14.0 Å². The van der Waals surface area contributed by atoms with Crippen LogP contribution in [0.1, 0.15) is 30.6 Å². The van der Waals surface area contributed by atoms with Gasteiger partial charge in [-0.05, 0) is 54.3 Å². The van der Waals surface area contributed by atoms with Gasteiger partial charge in [-0.3, -0.25) is 9.59 Å². The molecule has 0 saturated carbocycles. The van der Waals surface area contributed by atoms with Crippen molar-refractivity contribution in [1.82, 2.24) is 4.57 Å². The number of rotatable bonds is 5. The Balaban J connectivity index is 2.53. The number of hydrogen-bond donors (Lipinski definition) is 0. The van der Waals surface area contributed by atoms with Crippen LogP contribution in [-0.4, -0.2) is 10.9 Å². The average Bonchev–Trinajstić information content (AvgIpc) is 2.46. The lowest BCUT2D eigenvalue weighted by molar-refractivity contribution is 0.112. The van der Waals surface area contributed by atoms with Crippen molar-refractivity contribution in [3.63, 3.8) is 0 Å². The van der Waals surface area contributed by atoms with Crippen molar-refractivity contribution < 1.29 is 9.18 Å². The summed E-state index contributed by atoms with van der Waals surface area (Å²) in [6, 6.07) is 9.24. The molecule has 3 nitrogen and oxygen atoms in total. The van der Waals surface area contributed by atoms with E-state index in [-0.39, 0.29) is 16.9 Å². The van der Waals surface area contributed by atoms with Gasteiger partial charge in [0.1, 0.15) is 5.82 Å². The molecule has 0 aliphatic rings. The number of pyridine rings is 1. The second-order valence-electron chi connectivity index (χ2n) is 5.44. The third-order valence-electron chi connectivity index (χ3n) is 3.40. The molecule has 110 valence electrons. The summed E-state index contributed by atoms with van der Waals surface area (Å²) < 4.78 is 14.6. The van der Waals surface area contributed by atoms with Gasteiger partial charge in [0.05, 0.1) is 11.3 Å². The third-order valence-corrected chi connectivity index (χ3v) is 3.40. The van der Waals surface area contributed by atoms with Crippen molar-refractivity contribution >= 4 is 6.29 Å². The van der Waals surface area contributed by atoms with Crippen LogP contribution in [0.25, 0.3) is 11.3 Å². The summed E-state index contributed by atoms with van der Waals surface area (Å²) in [5.41, 5.74) is 1.30. The van der Waals surface area contributed by atoms with Gasteiger partial charge in [0.15, 0.2) is 6.29 Å². The monoisotopic (exact) mass is 287 g/mol. The number of carbonyl (C=O) groups excluding carboxylic acids is 1. The van der Waals surface area contributed by atoms with E-state index in [0.29, 0.717) is 24.4 Å². The standard InChI is InChI=1S/C17H18FNO2/c1-12(2)9-10-19-16(8-5-14(11-20)17(19)21)13-3-6-15(18)7-4-13/h3-8,11-12H,9-10H2,1-2H3. The lowest BCUT2D eigenvalue weighted by Gasteiger charge is -2.15. The number of carbonyl (C=O) groups is 1. The quantitative estimate of drug-likeness (QED) is 0.789. The molecular weight excluding hydrogens is 269 g/mol. The van der Waals surface area contributed by atoms with E-state index in [0.717, 1.165) is 12.0 Å². The molecule has 0 unspecified atom stereocenters. The molecule has 0 amide bonds. The first kappa shape index (κ1) is 15.2. The van der Waals surface area contributed by atoms with Crippen LogP contribution >= 0.6 is 0 Å². The first-order chi connectivity index (χ1) is 10.0. The number of benzene rings is 1. The van der Waals surface area contributed by atoms with Crippen LogP contribution in [0, 0.1) is 11.7 Å². The minimum absolute atomic E-state index is 0.143. The fourth-order valence-electron chi connectivity index (χ4n) is 2.17. The summed E-state index contributed by atoms with van der Waals surface area (Å²) in [4.78, 5) is 23.3. The van der Waals surface area contributed by atoms with Gasteiger partial charge in [-0.2, -0.15) is 0 Å². The Morgan fingerprint density at radius 3 is 2.38 bits per heavy atom. The highest BCUT2D eigenvalue weighted by molar-refractivity contribution is 5.75. The molecule has 0 fully saturated rings. The lowest BCUT2D eigenvalue weighted by Crippen LogP contribution is -2.25. The molecule has 0 radical (unpaired) electrons. The minimum atomic E-state index is -0.320. The zero-order chi connectivity index (χ0) is 15.4. The molecule has 0 N–H and O–H groups in total. The maximum Gasteiger partial charge on any atom is 0.261 e. The molecule has 4 heteroatoms. The van der Waals surface area contributed by atoms with Crippen LogP contribution in [0.3, 0.4) is 0 Å². The minimum Gasteiger partial charge on any atom is -0.308 e. The summed E-state index contributed by atoms with van der Waals surface area (Å²) in [6.45, 7) is 4.68. The molecule has 0 spiro atoms. The van der Waals surface area contributed by atoms with E-state index in [1.165, 1.54) is 18.2 Å². The Bertz CT molecular complexity index is 687. The van der Waals surface area contributed by atoms with Gasteiger partial charge in [-0.25, -0.2) is 4.39 Å². The van der Waals surface area contributed by atoms with Crippen molar-refractivity contribution in [2.75, 3.05) is 0 Å². The first-order valence-electron chi connectivity index (χ1n) is 6.98. The predicted octanol–water partition coefficient (Wildman–Crippen LogP) is 3.51. The van der Waals surface area contributed by atoms with E-state index in [1.807, 2.05) is 0 Å². The van der Waals surface area contributed by atoms with Gasteiger partial charge in [0.25, 0.3) is 5.56 Å². The Morgan fingerprint density at radius 2 is 1.81 bits per heavy atom. The molecule has 21 heavy (non-hydrogen) atoms. The second kappa shape index (κ2) is 6.48. The van der Waals surface area contributed by atoms with E-state index in [2.05, 4.69) is 13.8 Å². The average molecular weight is 287 g/mol. The molecule has 0 aliphatic heterocycles. The molecule has 2 aromatic rings. The van der Waals surface area contributed by atoms with Crippen molar-refractivity contribution in [1.29, 1.82) is 0 Å². The maximum atomic E-state index is 13.0. The maximum absolute atomic E-state index is 13.0. The van der Waals surface area contributed by atoms with Crippen molar-refractivity contribution in [2.24, 2.45) is 5.92 Å². The molecule has 0 bridgehead atoms. The highest BCUT2D eigenvalue weighted by Gasteiger charge is 2.11. The van der Waals surface area contributed by atoms with Gasteiger partial charge in [0.2, 0.25) is 0 Å². The Hall–Kier alpha value is -2.23. The van der Waals surface area contributed by atoms with E-state index >= 15 is 0 Å². The molecule has 0 aliphatic carbocycles. The molecule has 1 aromatic heterocycles. The normalized spacial score (nSPS) is 10.9. The van der Waals surface area contributed by atoms with Crippen LogP contribution in [0.15, 0.2) is 41.2 Å². The molecule has 0 atom stereocenters. The van der Waals surface area contributed by atoms with Gasteiger partial charge in [-0.1, -0.05) is 13.8 Å². The predicted molar refractivity (Wildman–Crippen MR) is 80.9 cm³/mol. The number of nitrogens with zero attached hydrogens (tertiary/aromatic N) is 1. The lowest BCUT2D eigenvalue weighted by atomic mass is 10.1. The molecule has 1 aromatic carbocycles. The number of aromatic nitrogens is 1. The van der Waals surface area contributed by atoms with E-state index in [4.69, 9.17) is 0 Å². The fraction of sp³-hybridized carbons (Fsp3) is 0.294. The largest absolute Gasteiger partial charge is 0.308 e. The van der Waals surface area contributed by atoms with Crippen LogP contribution in [0.2, 0.25) is 0 Å². The summed E-state index contributed by atoms with van der Waals surface area (Å²) >= 11 is 0. The van der Waals surface area contributed by atoms with E-state index < -0.39 is 0 Å². The molecule has 2 rings (SSSR count). The van der Waals surface area contributed by atoms with Crippen molar-refractivity contribution in [3.05, 3.63) is 58.1 Å². The molecular formula is C17H18FNO2. The second-order valence-corrected chi connectivity index (χ2v) is 5.44. The zero-order valence-corrected chi connectivity index (χ0v) is 12.2. The molecule has 0 saturated heterocycles. The van der Waals surface area contributed by atoms with Crippen molar-refractivity contribution in [3.8, 4) is 11.3 Å². The Morgan fingerprint density at radius 1 is 1.14 bits per heavy atom. The molecule has 1 heterocycles. The summed E-state index contributed by atoms with van der Waals surface area (Å²) in [7, 11) is 0. The van der Waals surface area contributed by atoms with Gasteiger partial charge >= 0.3 is 0 Å². The summed E-state index contributed by atoms with van der Waals surface area (Å²) in [5, 5.41) is 0. The summed E-state index contributed by atoms with van der Waals surface area (Å²) in [5.74, 6) is 0.122. The van der Waals surface area contributed by atoms with Crippen LogP contribution < -0.4 is 5.56 Å². The topological polar surface area (TPSA) is 39.1 Å². The SMILES string of the molecule is CC(C)CCn1c(-c2ccc(F)cc2)ccc(C=O)c1=O. The van der Waals surface area contributed by atoms with Crippen molar-refractivity contribution in [2.45, 2.75) is 26.8 Å². The number of halogens is 1. The van der Waals surface area contributed by atoms with E-state index in [1.54, 1.807) is 22.8 Å². The summed E-state index contributed by atoms with van der Waals surface area (Å²) in [6.07, 6.45) is 1.40. The highest BCUT2D eigenvalue weighted by atomic mass is 19.1. The van der Waals surface area contributed by atoms with Crippen LogP contribution in [0.5, 0.6) is 0 Å². The number of aldehydes is 1. The fourth-order valence-corrected chi connectivity index (χ4v) is 2.17. The zero-order valence-electron chi connectivity index (χ0n) is 12.2. The Kier molecular flexibility index (Phi) is 4.68. The Labute approximate surface area is 123 Å². The number of hydrogen-bond acceptors (Lipinski definition) is 2. The highest BCUT2D eigenvalue weighted by Crippen LogP contribution is 2.19. The van der Waals surface area contributed by atoms with Gasteiger partial charge in [-0.15, -0.1) is 0 Å². The van der Waals surface area contributed by atoms with Crippen LogP contribution in [0.4, 0.5) is 4.39 Å².